The molecule has 0 spiro atoms. The molecule has 1 saturated heterocycles. The summed E-state index contributed by atoms with van der Waals surface area (Å²) in [5, 5.41) is 4.50. The molecule has 2 aliphatic carbocycles. The van der Waals surface area contributed by atoms with Gasteiger partial charge in [0.2, 0.25) is 0 Å². The minimum atomic E-state index is -0.211. The van der Waals surface area contributed by atoms with Gasteiger partial charge in [-0.15, -0.1) is 0 Å². The van der Waals surface area contributed by atoms with Crippen LogP contribution < -0.4 is 15.9 Å². The molecule has 0 bridgehead atoms. The molecule has 3 aliphatic rings. The number of para-hydroxylation sites is 1. The maximum atomic E-state index is 13.8. The molecule has 3 heterocycles. The maximum absolute atomic E-state index is 13.8. The Balaban J connectivity index is 1.69. The van der Waals surface area contributed by atoms with Crippen LogP contribution in [0.5, 0.6) is 0 Å². The molecule has 3 fully saturated rings. The van der Waals surface area contributed by atoms with Crippen LogP contribution in [0.4, 0.5) is 5.82 Å². The van der Waals surface area contributed by atoms with Crippen molar-refractivity contribution in [2.45, 2.75) is 77.2 Å². The molecule has 0 radical (unpaired) electrons. The summed E-state index contributed by atoms with van der Waals surface area (Å²) < 4.78 is 1.84. The number of hydrogen-bond donors (Lipinski definition) is 1. The third-order valence-corrected chi connectivity index (χ3v) is 7.85. The molecule has 6 nitrogen and oxygen atoms in total. The van der Waals surface area contributed by atoms with Gasteiger partial charge in [0, 0.05) is 37.3 Å². The quantitative estimate of drug-likeness (QED) is 0.592. The Kier molecular flexibility index (Phi) is 5.44. The molecule has 178 valence electrons. The van der Waals surface area contributed by atoms with Gasteiger partial charge >= 0.3 is 5.69 Å². The van der Waals surface area contributed by atoms with Gasteiger partial charge in [0.05, 0.1) is 11.1 Å². The number of nitrogens with one attached hydrogen (secondary N) is 1. The van der Waals surface area contributed by atoms with Crippen LogP contribution in [0.25, 0.3) is 16.7 Å². The van der Waals surface area contributed by atoms with Crippen LogP contribution in [-0.4, -0.2) is 40.2 Å². The Morgan fingerprint density at radius 2 is 1.74 bits per heavy atom. The van der Waals surface area contributed by atoms with Crippen molar-refractivity contribution >= 4 is 16.9 Å². The Bertz CT molecular complexity index is 1280. The summed E-state index contributed by atoms with van der Waals surface area (Å²) in [5.74, 6) is 1.98. The first-order valence-corrected chi connectivity index (χ1v) is 13.2. The van der Waals surface area contributed by atoms with Crippen molar-refractivity contribution in [2.75, 3.05) is 24.5 Å². The third kappa shape index (κ3) is 3.63. The number of aryl methyl sites for hydroxylation is 2. The van der Waals surface area contributed by atoms with Crippen LogP contribution in [0.2, 0.25) is 0 Å². The molecule has 1 aliphatic heterocycles. The van der Waals surface area contributed by atoms with Crippen LogP contribution in [0.1, 0.15) is 80.7 Å². The van der Waals surface area contributed by atoms with E-state index in [1.54, 1.807) is 0 Å². The zero-order chi connectivity index (χ0) is 23.4. The first-order chi connectivity index (χ1) is 16.6. The van der Waals surface area contributed by atoms with Crippen molar-refractivity contribution in [3.8, 4) is 5.69 Å². The van der Waals surface area contributed by atoms with E-state index in [1.807, 2.05) is 4.57 Å². The van der Waals surface area contributed by atoms with Crippen LogP contribution in [-0.2, 0) is 12.8 Å². The highest BCUT2D eigenvalue weighted by molar-refractivity contribution is 5.90. The van der Waals surface area contributed by atoms with E-state index in [0.717, 1.165) is 55.0 Å². The van der Waals surface area contributed by atoms with Crippen LogP contribution >= 0.6 is 0 Å². The predicted molar refractivity (Wildman–Crippen MR) is 138 cm³/mol. The lowest BCUT2D eigenvalue weighted by Crippen LogP contribution is -2.50. The average molecular weight is 458 g/mol. The smallest absolute Gasteiger partial charge is 0.351 e. The maximum Gasteiger partial charge on any atom is 0.355 e. The van der Waals surface area contributed by atoms with Gasteiger partial charge in [0.1, 0.15) is 5.82 Å². The number of nitrogens with zero attached hydrogens (tertiary/aromatic N) is 4. The number of rotatable bonds is 6. The van der Waals surface area contributed by atoms with Crippen molar-refractivity contribution in [2.24, 2.45) is 0 Å². The van der Waals surface area contributed by atoms with Crippen molar-refractivity contribution in [1.82, 2.24) is 19.9 Å². The highest BCUT2D eigenvalue weighted by Gasteiger charge is 2.36. The van der Waals surface area contributed by atoms with E-state index in [2.05, 4.69) is 55.3 Å². The van der Waals surface area contributed by atoms with Gasteiger partial charge in [-0.1, -0.05) is 32.0 Å². The van der Waals surface area contributed by atoms with Gasteiger partial charge in [-0.05, 0) is 74.1 Å². The summed E-state index contributed by atoms with van der Waals surface area (Å²) in [6.45, 7) is 9.17. The Labute approximate surface area is 201 Å². The largest absolute Gasteiger partial charge is 0.355 e. The lowest BCUT2D eigenvalue weighted by Gasteiger charge is -2.35. The fourth-order valence-corrected chi connectivity index (χ4v) is 5.64. The van der Waals surface area contributed by atoms with Gasteiger partial charge in [-0.25, -0.2) is 14.3 Å². The topological polar surface area (TPSA) is 63.1 Å². The fourth-order valence-electron chi connectivity index (χ4n) is 5.64. The molecule has 6 heteroatoms. The number of pyridine rings is 1. The molecule has 2 saturated carbocycles. The zero-order valence-corrected chi connectivity index (χ0v) is 20.6. The average Bonchev–Trinajstić information content (AvgIpc) is 3.76. The zero-order valence-electron chi connectivity index (χ0n) is 20.6. The van der Waals surface area contributed by atoms with Gasteiger partial charge in [0.15, 0.2) is 5.65 Å². The minimum Gasteiger partial charge on any atom is -0.351 e. The highest BCUT2D eigenvalue weighted by atomic mass is 16.1. The number of hydrogen-bond acceptors (Lipinski definition) is 5. The number of piperazine rings is 1. The SMILES string of the molecule is CCc1cccc(CC)c1-n1c(=O)nc(N2CCNCC2C)c2cc(C3CC3)c(C3CC3)nc21. The van der Waals surface area contributed by atoms with E-state index < -0.39 is 0 Å². The highest BCUT2D eigenvalue weighted by Crippen LogP contribution is 2.49. The van der Waals surface area contributed by atoms with E-state index >= 15 is 0 Å². The second kappa shape index (κ2) is 8.49. The summed E-state index contributed by atoms with van der Waals surface area (Å²) in [6, 6.07) is 9.02. The molecular formula is C28H35N5O. The third-order valence-electron chi connectivity index (χ3n) is 7.85. The lowest BCUT2D eigenvalue weighted by atomic mass is 10.0. The van der Waals surface area contributed by atoms with Crippen LogP contribution in [0, 0.1) is 0 Å². The molecule has 6 rings (SSSR count). The normalized spacial score (nSPS) is 20.8. The number of aromatic nitrogens is 3. The van der Waals surface area contributed by atoms with Gasteiger partial charge in [-0.3, -0.25) is 0 Å². The predicted octanol–water partition coefficient (Wildman–Crippen LogP) is 4.46. The molecule has 1 atom stereocenters. The van der Waals surface area contributed by atoms with Gasteiger partial charge in [0.25, 0.3) is 0 Å². The lowest BCUT2D eigenvalue weighted by molar-refractivity contribution is 0.497. The molecule has 0 amide bonds. The molecule has 1 N–H and O–H groups in total. The van der Waals surface area contributed by atoms with E-state index in [4.69, 9.17) is 9.97 Å². The van der Waals surface area contributed by atoms with Gasteiger partial charge in [-0.2, -0.15) is 4.98 Å². The standard InChI is InChI=1S/C28H35N5O/c1-4-18-7-6-8-19(5-2)25(18)33-27-23(15-22(20-9-10-20)24(30-27)21-11-12-21)26(31-28(33)34)32-14-13-29-16-17(32)3/h6-8,15,17,20-21,29H,4-5,9-14,16H2,1-3H3. The minimum absolute atomic E-state index is 0.211. The molecule has 34 heavy (non-hydrogen) atoms. The Morgan fingerprint density at radius 1 is 1.03 bits per heavy atom. The summed E-state index contributed by atoms with van der Waals surface area (Å²) in [4.78, 5) is 26.3. The van der Waals surface area contributed by atoms with Crippen molar-refractivity contribution in [3.05, 3.63) is 57.1 Å². The Morgan fingerprint density at radius 3 is 2.35 bits per heavy atom. The van der Waals surface area contributed by atoms with Gasteiger partial charge < -0.3 is 10.2 Å². The number of fused-ring (bicyclic) bond motifs is 1. The molecule has 1 aromatic carbocycles. The monoisotopic (exact) mass is 457 g/mol. The second-order valence-corrected chi connectivity index (χ2v) is 10.3. The van der Waals surface area contributed by atoms with Crippen molar-refractivity contribution < 1.29 is 0 Å². The molecule has 2 aromatic heterocycles. The molecule has 1 unspecified atom stereocenters. The number of anilines is 1. The molecule has 3 aromatic rings. The fraction of sp³-hybridized carbons (Fsp3) is 0.536. The first-order valence-electron chi connectivity index (χ1n) is 13.2. The van der Waals surface area contributed by atoms with E-state index in [9.17, 15) is 4.79 Å². The number of benzene rings is 1. The summed E-state index contributed by atoms with van der Waals surface area (Å²) in [6.07, 6.45) is 6.64. The summed E-state index contributed by atoms with van der Waals surface area (Å²) in [5.41, 5.74) is 6.57. The van der Waals surface area contributed by atoms with E-state index in [0.29, 0.717) is 11.8 Å². The first kappa shape index (κ1) is 21.8. The summed E-state index contributed by atoms with van der Waals surface area (Å²) >= 11 is 0. The van der Waals surface area contributed by atoms with Crippen LogP contribution in [0.3, 0.4) is 0 Å². The van der Waals surface area contributed by atoms with Crippen LogP contribution in [0.15, 0.2) is 29.1 Å². The van der Waals surface area contributed by atoms with E-state index in [-0.39, 0.29) is 11.7 Å². The Hall–Kier alpha value is -2.73. The summed E-state index contributed by atoms with van der Waals surface area (Å²) in [7, 11) is 0. The molecular weight excluding hydrogens is 422 g/mol. The van der Waals surface area contributed by atoms with Crippen molar-refractivity contribution in [3.63, 3.8) is 0 Å². The van der Waals surface area contributed by atoms with Crippen molar-refractivity contribution in [1.29, 1.82) is 0 Å². The van der Waals surface area contributed by atoms with E-state index in [1.165, 1.54) is 48.1 Å². The second-order valence-electron chi connectivity index (χ2n) is 10.3.